The van der Waals surface area contributed by atoms with Crippen LogP contribution in [0.15, 0.2) is 54.1 Å². The molecule has 2 aromatic carbocycles. The standard InChI is InChI=1S/C25H29ClN2O4/c1-4-15-32-20-8-5-7-18(16-20)23(29)21-22(17-9-11-19(26)12-10-17)28(25(31)24(21)30)14-6-13-27(2)3/h5,7-12,16,22,29H,4,6,13-15H2,1-3H3/b23-21-. The first kappa shape index (κ1) is 23.8. The third-order valence-corrected chi connectivity index (χ3v) is 5.56. The monoisotopic (exact) mass is 456 g/mol. The number of ether oxygens (including phenoxy) is 1. The van der Waals surface area contributed by atoms with Crippen LogP contribution in [0, 0.1) is 0 Å². The minimum Gasteiger partial charge on any atom is -0.507 e. The van der Waals surface area contributed by atoms with Crippen LogP contribution >= 0.6 is 11.6 Å². The number of halogens is 1. The maximum Gasteiger partial charge on any atom is 0.295 e. The van der Waals surface area contributed by atoms with Crippen molar-refractivity contribution in [1.29, 1.82) is 0 Å². The fourth-order valence-electron chi connectivity index (χ4n) is 3.77. The Labute approximate surface area is 194 Å². The zero-order valence-electron chi connectivity index (χ0n) is 18.7. The highest BCUT2D eigenvalue weighted by atomic mass is 35.5. The smallest absolute Gasteiger partial charge is 0.295 e. The molecule has 1 amide bonds. The molecular formula is C25H29ClN2O4. The van der Waals surface area contributed by atoms with E-state index in [2.05, 4.69) is 0 Å². The van der Waals surface area contributed by atoms with E-state index < -0.39 is 17.7 Å². The van der Waals surface area contributed by atoms with Gasteiger partial charge in [0, 0.05) is 17.1 Å². The van der Waals surface area contributed by atoms with Crippen LogP contribution in [-0.4, -0.2) is 60.4 Å². The molecule has 0 spiro atoms. The van der Waals surface area contributed by atoms with Gasteiger partial charge in [-0.2, -0.15) is 0 Å². The molecule has 1 unspecified atom stereocenters. The lowest BCUT2D eigenvalue weighted by Crippen LogP contribution is -2.32. The molecule has 2 aromatic rings. The Balaban J connectivity index is 2.05. The minimum absolute atomic E-state index is 0.0785. The average Bonchev–Trinajstić information content (AvgIpc) is 3.02. The molecule has 1 aliphatic heterocycles. The third-order valence-electron chi connectivity index (χ3n) is 5.31. The maximum absolute atomic E-state index is 13.1. The SMILES string of the molecule is CCCOc1cccc(/C(O)=C2/C(=O)C(=O)N(CCCN(C)C)C2c2ccc(Cl)cc2)c1. The Hall–Kier alpha value is -2.83. The van der Waals surface area contributed by atoms with Crippen LogP contribution in [0.1, 0.15) is 36.9 Å². The molecule has 1 saturated heterocycles. The number of ketones is 1. The van der Waals surface area contributed by atoms with Crippen molar-refractivity contribution in [3.63, 3.8) is 0 Å². The average molecular weight is 457 g/mol. The number of rotatable bonds is 9. The Kier molecular flexibility index (Phi) is 7.94. The van der Waals surface area contributed by atoms with Crippen LogP contribution in [0.3, 0.4) is 0 Å². The number of Topliss-reactive ketones (excluding diaryl/α,β-unsaturated/α-hetero) is 1. The lowest BCUT2D eigenvalue weighted by Gasteiger charge is -2.26. The summed E-state index contributed by atoms with van der Waals surface area (Å²) >= 11 is 6.06. The first-order valence-corrected chi connectivity index (χ1v) is 11.1. The van der Waals surface area contributed by atoms with Gasteiger partial charge < -0.3 is 19.6 Å². The summed E-state index contributed by atoms with van der Waals surface area (Å²) in [6.07, 6.45) is 1.55. The Morgan fingerprint density at radius 2 is 1.88 bits per heavy atom. The van der Waals surface area contributed by atoms with Gasteiger partial charge in [-0.15, -0.1) is 0 Å². The fraction of sp³-hybridized carbons (Fsp3) is 0.360. The largest absolute Gasteiger partial charge is 0.507 e. The molecule has 7 heteroatoms. The molecule has 170 valence electrons. The summed E-state index contributed by atoms with van der Waals surface area (Å²) < 4.78 is 5.66. The van der Waals surface area contributed by atoms with Crippen LogP contribution in [0.5, 0.6) is 5.75 Å². The van der Waals surface area contributed by atoms with E-state index in [4.69, 9.17) is 16.3 Å². The second-order valence-corrected chi connectivity index (χ2v) is 8.51. The van der Waals surface area contributed by atoms with Gasteiger partial charge in [0.05, 0.1) is 18.2 Å². The zero-order valence-corrected chi connectivity index (χ0v) is 19.4. The predicted molar refractivity (Wildman–Crippen MR) is 126 cm³/mol. The van der Waals surface area contributed by atoms with E-state index in [0.717, 1.165) is 18.5 Å². The molecule has 1 aliphatic rings. The number of carbonyl (C=O) groups is 2. The lowest BCUT2D eigenvalue weighted by molar-refractivity contribution is -0.139. The summed E-state index contributed by atoms with van der Waals surface area (Å²) in [7, 11) is 3.91. The summed E-state index contributed by atoms with van der Waals surface area (Å²) in [4.78, 5) is 29.6. The molecule has 0 aliphatic carbocycles. The van der Waals surface area contributed by atoms with Gasteiger partial charge in [-0.1, -0.05) is 42.8 Å². The molecule has 1 N–H and O–H groups in total. The van der Waals surface area contributed by atoms with Gasteiger partial charge in [0.1, 0.15) is 11.5 Å². The Morgan fingerprint density at radius 1 is 1.16 bits per heavy atom. The van der Waals surface area contributed by atoms with Crippen LogP contribution in [0.25, 0.3) is 5.76 Å². The van der Waals surface area contributed by atoms with Gasteiger partial charge in [-0.3, -0.25) is 9.59 Å². The summed E-state index contributed by atoms with van der Waals surface area (Å²) in [5.74, 6) is -0.907. The molecule has 0 bridgehead atoms. The lowest BCUT2D eigenvalue weighted by atomic mass is 9.95. The van der Waals surface area contributed by atoms with Crippen molar-refractivity contribution in [2.45, 2.75) is 25.8 Å². The van der Waals surface area contributed by atoms with E-state index in [1.165, 1.54) is 4.90 Å². The number of hydrogen-bond acceptors (Lipinski definition) is 5. The van der Waals surface area contributed by atoms with Crippen molar-refractivity contribution in [3.8, 4) is 5.75 Å². The van der Waals surface area contributed by atoms with E-state index in [-0.39, 0.29) is 11.3 Å². The van der Waals surface area contributed by atoms with Crippen molar-refractivity contribution in [2.24, 2.45) is 0 Å². The number of carbonyl (C=O) groups excluding carboxylic acids is 2. The Morgan fingerprint density at radius 3 is 2.53 bits per heavy atom. The van der Waals surface area contributed by atoms with Crippen LogP contribution in [0.2, 0.25) is 5.02 Å². The number of amides is 1. The van der Waals surface area contributed by atoms with Crippen molar-refractivity contribution < 1.29 is 19.4 Å². The van der Waals surface area contributed by atoms with Crippen molar-refractivity contribution in [3.05, 3.63) is 70.3 Å². The molecular weight excluding hydrogens is 428 g/mol. The second kappa shape index (κ2) is 10.7. The second-order valence-electron chi connectivity index (χ2n) is 8.08. The molecule has 6 nitrogen and oxygen atoms in total. The van der Waals surface area contributed by atoms with Crippen LogP contribution < -0.4 is 4.74 Å². The van der Waals surface area contributed by atoms with Crippen molar-refractivity contribution in [2.75, 3.05) is 33.8 Å². The van der Waals surface area contributed by atoms with Crippen molar-refractivity contribution in [1.82, 2.24) is 9.80 Å². The highest BCUT2D eigenvalue weighted by molar-refractivity contribution is 6.46. The molecule has 0 radical (unpaired) electrons. The highest BCUT2D eigenvalue weighted by Crippen LogP contribution is 2.40. The van der Waals surface area contributed by atoms with Gasteiger partial charge >= 0.3 is 0 Å². The number of aliphatic hydroxyl groups is 1. The quantitative estimate of drug-likeness (QED) is 0.341. The molecule has 1 heterocycles. The van der Waals surface area contributed by atoms with Gasteiger partial charge in [-0.05, 0) is 63.3 Å². The first-order valence-electron chi connectivity index (χ1n) is 10.7. The third kappa shape index (κ3) is 5.31. The van der Waals surface area contributed by atoms with Crippen molar-refractivity contribution >= 4 is 29.1 Å². The maximum atomic E-state index is 13.1. The van der Waals surface area contributed by atoms with Gasteiger partial charge in [-0.25, -0.2) is 0 Å². The molecule has 3 rings (SSSR count). The fourth-order valence-corrected chi connectivity index (χ4v) is 3.89. The topological polar surface area (TPSA) is 70.1 Å². The zero-order chi connectivity index (χ0) is 23.3. The number of nitrogens with zero attached hydrogens (tertiary/aromatic N) is 2. The summed E-state index contributed by atoms with van der Waals surface area (Å²) in [5, 5.41) is 11.7. The Bertz CT molecular complexity index is 1000. The van der Waals surface area contributed by atoms with Crippen LogP contribution in [0.4, 0.5) is 0 Å². The number of aliphatic hydroxyl groups excluding tert-OH is 1. The summed E-state index contributed by atoms with van der Waals surface area (Å²) in [6.45, 7) is 3.72. The molecule has 0 saturated carbocycles. The number of likely N-dealkylation sites (tertiary alicyclic amines) is 1. The molecule has 1 fully saturated rings. The van der Waals surface area contributed by atoms with E-state index in [9.17, 15) is 14.7 Å². The van der Waals surface area contributed by atoms with Gasteiger partial charge in [0.25, 0.3) is 11.7 Å². The normalized spacial score (nSPS) is 17.9. The van der Waals surface area contributed by atoms with E-state index in [1.807, 2.05) is 25.9 Å². The number of benzene rings is 2. The number of hydrogen-bond donors (Lipinski definition) is 1. The molecule has 1 atom stereocenters. The first-order chi connectivity index (χ1) is 15.3. The predicted octanol–water partition coefficient (Wildman–Crippen LogP) is 4.50. The molecule has 0 aromatic heterocycles. The van der Waals surface area contributed by atoms with Crippen LogP contribution in [-0.2, 0) is 9.59 Å². The van der Waals surface area contributed by atoms with E-state index >= 15 is 0 Å². The van der Waals surface area contributed by atoms with Gasteiger partial charge in [0.2, 0.25) is 0 Å². The van der Waals surface area contributed by atoms with E-state index in [0.29, 0.717) is 35.9 Å². The molecule has 32 heavy (non-hydrogen) atoms. The summed E-state index contributed by atoms with van der Waals surface area (Å²) in [6, 6.07) is 13.3. The highest BCUT2D eigenvalue weighted by Gasteiger charge is 2.45. The summed E-state index contributed by atoms with van der Waals surface area (Å²) in [5.41, 5.74) is 1.23. The van der Waals surface area contributed by atoms with Gasteiger partial charge in [0.15, 0.2) is 0 Å². The van der Waals surface area contributed by atoms with E-state index in [1.54, 1.807) is 48.5 Å². The minimum atomic E-state index is -0.688.